The van der Waals surface area contributed by atoms with E-state index in [4.69, 9.17) is 11.6 Å². The van der Waals surface area contributed by atoms with Gasteiger partial charge in [-0.2, -0.15) is 4.31 Å². The van der Waals surface area contributed by atoms with Crippen LogP contribution < -0.4 is 5.32 Å². The Kier molecular flexibility index (Phi) is 6.14. The Morgan fingerprint density at radius 1 is 1.03 bits per heavy atom. The molecule has 0 unspecified atom stereocenters. The lowest BCUT2D eigenvalue weighted by Crippen LogP contribution is -2.36. The Labute approximate surface area is 187 Å². The van der Waals surface area contributed by atoms with E-state index in [1.807, 2.05) is 49.4 Å². The molecule has 1 aliphatic rings. The van der Waals surface area contributed by atoms with Gasteiger partial charge in [-0.05, 0) is 59.9 Å². The van der Waals surface area contributed by atoms with E-state index in [-0.39, 0.29) is 15.5 Å². The molecule has 160 valence electrons. The van der Waals surface area contributed by atoms with E-state index in [1.54, 1.807) is 6.07 Å². The molecule has 31 heavy (non-hydrogen) atoms. The number of hydrogen-bond acceptors (Lipinski definition) is 3. The predicted molar refractivity (Wildman–Crippen MR) is 123 cm³/mol. The van der Waals surface area contributed by atoms with Crippen molar-refractivity contribution < 1.29 is 13.2 Å². The molecule has 0 fully saturated rings. The summed E-state index contributed by atoms with van der Waals surface area (Å²) in [6, 6.07) is 19.6. The van der Waals surface area contributed by atoms with Gasteiger partial charge in [0.1, 0.15) is 0 Å². The minimum absolute atomic E-state index is 0.0590. The number of rotatable bonds is 5. The monoisotopic (exact) mass is 454 g/mol. The van der Waals surface area contributed by atoms with Gasteiger partial charge in [-0.1, -0.05) is 54.9 Å². The van der Waals surface area contributed by atoms with E-state index in [0.717, 1.165) is 17.5 Å². The highest BCUT2D eigenvalue weighted by molar-refractivity contribution is 7.89. The van der Waals surface area contributed by atoms with Crippen LogP contribution in [0.3, 0.4) is 0 Å². The van der Waals surface area contributed by atoms with Gasteiger partial charge in [-0.25, -0.2) is 8.42 Å². The van der Waals surface area contributed by atoms with Crippen molar-refractivity contribution in [3.63, 3.8) is 0 Å². The van der Waals surface area contributed by atoms with E-state index in [9.17, 15) is 13.2 Å². The third-order valence-corrected chi connectivity index (χ3v) is 7.68. The molecule has 0 aromatic heterocycles. The molecule has 7 heteroatoms. The Morgan fingerprint density at radius 2 is 1.81 bits per heavy atom. The third-order valence-electron chi connectivity index (χ3n) is 5.51. The number of carbonyl (C=O) groups excluding carboxylic acids is 1. The van der Waals surface area contributed by atoms with Crippen molar-refractivity contribution in [2.45, 2.75) is 31.2 Å². The molecule has 0 atom stereocenters. The lowest BCUT2D eigenvalue weighted by atomic mass is 10.0. The number of benzene rings is 3. The lowest BCUT2D eigenvalue weighted by molar-refractivity contribution is 0.102. The number of fused-ring (bicyclic) bond motifs is 1. The first kappa shape index (κ1) is 21.6. The van der Waals surface area contributed by atoms with Crippen LogP contribution in [0.15, 0.2) is 71.6 Å². The summed E-state index contributed by atoms with van der Waals surface area (Å²) in [6.45, 7) is 2.74. The van der Waals surface area contributed by atoms with Crippen molar-refractivity contribution in [1.82, 2.24) is 4.31 Å². The number of sulfonamides is 1. The van der Waals surface area contributed by atoms with Crippen LogP contribution >= 0.6 is 11.6 Å². The number of amides is 1. The zero-order valence-corrected chi connectivity index (χ0v) is 18.7. The Hall–Kier alpha value is -2.67. The van der Waals surface area contributed by atoms with E-state index in [0.29, 0.717) is 25.2 Å². The zero-order chi connectivity index (χ0) is 22.0. The fraction of sp³-hybridized carbons (Fsp3) is 0.208. The van der Waals surface area contributed by atoms with Crippen molar-refractivity contribution in [2.24, 2.45) is 0 Å². The van der Waals surface area contributed by atoms with E-state index in [2.05, 4.69) is 5.32 Å². The topological polar surface area (TPSA) is 66.5 Å². The Morgan fingerprint density at radius 3 is 2.58 bits per heavy atom. The number of hydrogen-bond donors (Lipinski definition) is 1. The van der Waals surface area contributed by atoms with Crippen LogP contribution in [0.5, 0.6) is 0 Å². The highest BCUT2D eigenvalue weighted by Crippen LogP contribution is 2.28. The summed E-state index contributed by atoms with van der Waals surface area (Å²) in [5.74, 6) is -0.445. The molecule has 5 nitrogen and oxygen atoms in total. The van der Waals surface area contributed by atoms with Gasteiger partial charge in [0.15, 0.2) is 0 Å². The molecule has 1 amide bonds. The summed E-state index contributed by atoms with van der Waals surface area (Å²) in [5, 5.41) is 3.01. The number of aryl methyl sites for hydroxylation is 1. The van der Waals surface area contributed by atoms with Gasteiger partial charge < -0.3 is 5.32 Å². The number of nitrogens with one attached hydrogen (secondary N) is 1. The third kappa shape index (κ3) is 4.51. The van der Waals surface area contributed by atoms with Crippen LogP contribution in [-0.2, 0) is 29.4 Å². The van der Waals surface area contributed by atoms with Crippen LogP contribution in [-0.4, -0.2) is 25.2 Å². The summed E-state index contributed by atoms with van der Waals surface area (Å²) >= 11 is 6.25. The molecule has 0 saturated heterocycles. The molecule has 3 aromatic carbocycles. The number of nitrogens with zero attached hydrogens (tertiary/aromatic N) is 1. The van der Waals surface area contributed by atoms with Gasteiger partial charge in [-0.3, -0.25) is 4.79 Å². The maximum atomic E-state index is 13.3. The van der Waals surface area contributed by atoms with E-state index < -0.39 is 15.9 Å². The summed E-state index contributed by atoms with van der Waals surface area (Å²) in [5.41, 5.74) is 4.02. The summed E-state index contributed by atoms with van der Waals surface area (Å²) in [6.07, 6.45) is 1.50. The van der Waals surface area contributed by atoms with Crippen LogP contribution in [0, 0.1) is 0 Å². The van der Waals surface area contributed by atoms with Gasteiger partial charge in [0.25, 0.3) is 5.91 Å². The molecule has 1 N–H and O–H groups in total. The van der Waals surface area contributed by atoms with E-state index in [1.165, 1.54) is 28.1 Å². The second-order valence-corrected chi connectivity index (χ2v) is 9.85. The molecule has 0 bridgehead atoms. The second kappa shape index (κ2) is 8.83. The minimum atomic E-state index is -3.77. The van der Waals surface area contributed by atoms with Crippen molar-refractivity contribution >= 4 is 33.2 Å². The smallest absolute Gasteiger partial charge is 0.257 e. The highest BCUT2D eigenvalue weighted by Gasteiger charge is 2.29. The van der Waals surface area contributed by atoms with Gasteiger partial charge in [-0.15, -0.1) is 0 Å². The number of carbonyl (C=O) groups is 1. The maximum absolute atomic E-state index is 13.3. The first-order valence-electron chi connectivity index (χ1n) is 10.2. The molecule has 4 rings (SSSR count). The van der Waals surface area contributed by atoms with Crippen molar-refractivity contribution in [2.75, 3.05) is 11.9 Å². The normalized spacial score (nSPS) is 14.1. The maximum Gasteiger partial charge on any atom is 0.257 e. The Bertz CT molecular complexity index is 1240. The van der Waals surface area contributed by atoms with Crippen molar-refractivity contribution in [1.29, 1.82) is 0 Å². The Balaban J connectivity index is 1.60. The highest BCUT2D eigenvalue weighted by atomic mass is 35.5. The predicted octanol–water partition coefficient (Wildman–Crippen LogP) is 4.90. The van der Waals surface area contributed by atoms with E-state index >= 15 is 0 Å². The average molecular weight is 455 g/mol. The largest absolute Gasteiger partial charge is 0.322 e. The molecule has 0 radical (unpaired) electrons. The zero-order valence-electron chi connectivity index (χ0n) is 17.1. The summed E-state index contributed by atoms with van der Waals surface area (Å²) in [7, 11) is -3.77. The molecule has 3 aromatic rings. The van der Waals surface area contributed by atoms with Crippen molar-refractivity contribution in [3.8, 4) is 0 Å². The first-order valence-corrected chi connectivity index (χ1v) is 12.0. The van der Waals surface area contributed by atoms with Crippen LogP contribution in [0.1, 0.15) is 34.0 Å². The molecular formula is C24H23ClN2O3S. The quantitative estimate of drug-likeness (QED) is 0.596. The van der Waals surface area contributed by atoms with Gasteiger partial charge in [0.05, 0.1) is 15.5 Å². The standard InChI is InChI=1S/C24H23ClN2O3S/c1-2-17-6-5-9-20(14-17)26-24(28)22-15-21(10-11-23(22)25)31(29,30)27-13-12-18-7-3-4-8-19(18)16-27/h3-11,14-15H,2,12-13,16H2,1H3,(H,26,28). The van der Waals surface area contributed by atoms with Crippen LogP contribution in [0.4, 0.5) is 5.69 Å². The molecule has 0 spiro atoms. The van der Waals surface area contributed by atoms with Crippen molar-refractivity contribution in [3.05, 3.63) is 94.0 Å². The minimum Gasteiger partial charge on any atom is -0.322 e. The number of halogens is 1. The number of anilines is 1. The van der Waals surface area contributed by atoms with Gasteiger partial charge in [0.2, 0.25) is 10.0 Å². The van der Waals surface area contributed by atoms with Gasteiger partial charge >= 0.3 is 0 Å². The van der Waals surface area contributed by atoms with Crippen LogP contribution in [0.2, 0.25) is 5.02 Å². The van der Waals surface area contributed by atoms with Crippen LogP contribution in [0.25, 0.3) is 0 Å². The molecule has 1 heterocycles. The van der Waals surface area contributed by atoms with Gasteiger partial charge in [0, 0.05) is 18.8 Å². The molecular weight excluding hydrogens is 432 g/mol. The fourth-order valence-corrected chi connectivity index (χ4v) is 5.38. The fourth-order valence-electron chi connectivity index (χ4n) is 3.73. The lowest BCUT2D eigenvalue weighted by Gasteiger charge is -2.28. The molecule has 0 aliphatic carbocycles. The molecule has 1 aliphatic heterocycles. The molecule has 0 saturated carbocycles. The first-order chi connectivity index (χ1) is 14.9. The summed E-state index contributed by atoms with van der Waals surface area (Å²) in [4.78, 5) is 12.9. The summed E-state index contributed by atoms with van der Waals surface area (Å²) < 4.78 is 28.0. The SMILES string of the molecule is CCc1cccc(NC(=O)c2cc(S(=O)(=O)N3CCc4ccccc4C3)ccc2Cl)c1. The average Bonchev–Trinajstić information content (AvgIpc) is 2.79. The second-order valence-electron chi connectivity index (χ2n) is 7.51.